The van der Waals surface area contributed by atoms with Crippen LogP contribution >= 0.6 is 0 Å². The van der Waals surface area contributed by atoms with Crippen LogP contribution in [-0.4, -0.2) is 21.9 Å². The number of halogens is 1. The molecule has 0 aliphatic rings. The molecule has 0 saturated heterocycles. The molecule has 0 radical (unpaired) electrons. The molecular weight excluding hydrogens is 197 g/mol. The van der Waals surface area contributed by atoms with Gasteiger partial charge in [-0.25, -0.2) is 4.39 Å². The Morgan fingerprint density at radius 3 is 2.73 bits per heavy atom. The smallest absolute Gasteiger partial charge is 0.228 e. The fourth-order valence-corrected chi connectivity index (χ4v) is 1.30. The second kappa shape index (κ2) is 4.08. The van der Waals surface area contributed by atoms with E-state index in [1.54, 1.807) is 24.5 Å². The predicted molar refractivity (Wildman–Crippen MR) is 52.7 cm³/mol. The molecule has 2 aromatic rings. The summed E-state index contributed by atoms with van der Waals surface area (Å²) in [6.07, 6.45) is 3.17. The molecule has 15 heavy (non-hydrogen) atoms. The first-order chi connectivity index (χ1) is 7.31. The van der Waals surface area contributed by atoms with E-state index in [0.29, 0.717) is 5.75 Å². The van der Waals surface area contributed by atoms with Crippen molar-refractivity contribution in [1.29, 1.82) is 0 Å². The summed E-state index contributed by atoms with van der Waals surface area (Å²) in [6.45, 7) is 1.09. The molecule has 0 spiro atoms. The lowest BCUT2D eigenvalue weighted by Crippen LogP contribution is -2.02. The lowest BCUT2D eigenvalue weighted by molar-refractivity contribution is 0.191. The van der Waals surface area contributed by atoms with E-state index < -0.39 is 6.86 Å². The number of aromatic nitrogens is 3. The molecule has 1 aromatic carbocycles. The van der Waals surface area contributed by atoms with Gasteiger partial charge in [-0.2, -0.15) is 15.0 Å². The van der Waals surface area contributed by atoms with Gasteiger partial charge in [-0.3, -0.25) is 0 Å². The molecule has 0 saturated carbocycles. The standard InChI is InChI=1S/C10H10FN3O/c1-8-2-3-9(15-7-11)6-10(8)14-12-4-5-13-14/h2-6H,7H2,1H3. The number of alkyl halides is 1. The Morgan fingerprint density at radius 1 is 1.33 bits per heavy atom. The third kappa shape index (κ3) is 1.96. The van der Waals surface area contributed by atoms with Crippen LogP contribution in [0.1, 0.15) is 5.56 Å². The average molecular weight is 207 g/mol. The fraction of sp³-hybridized carbons (Fsp3) is 0.200. The topological polar surface area (TPSA) is 39.9 Å². The first kappa shape index (κ1) is 9.64. The Hall–Kier alpha value is -1.91. The van der Waals surface area contributed by atoms with Crippen LogP contribution in [0.2, 0.25) is 0 Å². The zero-order valence-corrected chi connectivity index (χ0v) is 8.22. The normalized spacial score (nSPS) is 10.3. The van der Waals surface area contributed by atoms with Gasteiger partial charge in [-0.05, 0) is 18.6 Å². The summed E-state index contributed by atoms with van der Waals surface area (Å²) < 4.78 is 16.8. The Labute approximate surface area is 86.3 Å². The van der Waals surface area contributed by atoms with E-state index in [4.69, 9.17) is 4.74 Å². The van der Waals surface area contributed by atoms with Crippen molar-refractivity contribution < 1.29 is 9.13 Å². The summed E-state index contributed by atoms with van der Waals surface area (Å²) in [4.78, 5) is 1.47. The minimum atomic E-state index is -0.838. The van der Waals surface area contributed by atoms with Gasteiger partial charge in [0, 0.05) is 6.07 Å². The molecule has 0 amide bonds. The van der Waals surface area contributed by atoms with Gasteiger partial charge in [-0.1, -0.05) is 6.07 Å². The van der Waals surface area contributed by atoms with Crippen LogP contribution in [0.5, 0.6) is 5.75 Å². The van der Waals surface area contributed by atoms with Crippen LogP contribution in [0.4, 0.5) is 4.39 Å². The van der Waals surface area contributed by atoms with Gasteiger partial charge in [0.05, 0.1) is 18.1 Å². The summed E-state index contributed by atoms with van der Waals surface area (Å²) in [5.41, 5.74) is 1.78. The molecule has 1 aromatic heterocycles. The van der Waals surface area contributed by atoms with Crippen LogP contribution < -0.4 is 4.74 Å². The molecular formula is C10H10FN3O. The van der Waals surface area contributed by atoms with E-state index >= 15 is 0 Å². The number of ether oxygens (including phenoxy) is 1. The Bertz CT molecular complexity index is 442. The van der Waals surface area contributed by atoms with Crippen molar-refractivity contribution in [2.24, 2.45) is 0 Å². The predicted octanol–water partition coefficient (Wildman–Crippen LogP) is 1.88. The Balaban J connectivity index is 2.41. The SMILES string of the molecule is Cc1ccc(OCF)cc1-n1nccn1. The van der Waals surface area contributed by atoms with Gasteiger partial charge < -0.3 is 4.74 Å². The van der Waals surface area contributed by atoms with Crippen molar-refractivity contribution >= 4 is 0 Å². The van der Waals surface area contributed by atoms with Crippen LogP contribution in [0, 0.1) is 6.92 Å². The first-order valence-electron chi connectivity index (χ1n) is 4.47. The zero-order valence-electron chi connectivity index (χ0n) is 8.22. The molecule has 0 bridgehead atoms. The largest absolute Gasteiger partial charge is 0.463 e. The van der Waals surface area contributed by atoms with Crippen LogP contribution in [0.3, 0.4) is 0 Å². The molecule has 1 heterocycles. The molecule has 0 unspecified atom stereocenters. The van der Waals surface area contributed by atoms with E-state index in [2.05, 4.69) is 10.2 Å². The number of hydrogen-bond donors (Lipinski definition) is 0. The molecule has 0 aliphatic heterocycles. The van der Waals surface area contributed by atoms with Crippen LogP contribution in [-0.2, 0) is 0 Å². The number of benzene rings is 1. The first-order valence-corrected chi connectivity index (χ1v) is 4.47. The van der Waals surface area contributed by atoms with Gasteiger partial charge in [0.25, 0.3) is 0 Å². The number of rotatable bonds is 3. The van der Waals surface area contributed by atoms with E-state index in [-0.39, 0.29) is 0 Å². The van der Waals surface area contributed by atoms with Crippen LogP contribution in [0.15, 0.2) is 30.6 Å². The third-order valence-corrected chi connectivity index (χ3v) is 2.04. The number of hydrogen-bond acceptors (Lipinski definition) is 3. The second-order valence-electron chi connectivity index (χ2n) is 3.02. The monoisotopic (exact) mass is 207 g/mol. The maximum atomic E-state index is 12.0. The van der Waals surface area contributed by atoms with Crippen LogP contribution in [0.25, 0.3) is 5.69 Å². The highest BCUT2D eigenvalue weighted by molar-refractivity contribution is 5.44. The van der Waals surface area contributed by atoms with Crippen molar-refractivity contribution in [1.82, 2.24) is 15.0 Å². The summed E-state index contributed by atoms with van der Waals surface area (Å²) in [5.74, 6) is 0.468. The minimum Gasteiger partial charge on any atom is -0.463 e. The molecule has 0 atom stereocenters. The van der Waals surface area contributed by atoms with Gasteiger partial charge in [0.1, 0.15) is 5.75 Å². The Kier molecular flexibility index (Phi) is 2.62. The molecule has 4 nitrogen and oxygen atoms in total. The highest BCUT2D eigenvalue weighted by Crippen LogP contribution is 2.19. The maximum Gasteiger partial charge on any atom is 0.228 e. The summed E-state index contributed by atoms with van der Waals surface area (Å²) in [5, 5.41) is 8.01. The number of nitrogens with zero attached hydrogens (tertiary/aromatic N) is 3. The molecule has 78 valence electrons. The maximum absolute atomic E-state index is 12.0. The highest BCUT2D eigenvalue weighted by Gasteiger charge is 2.04. The van der Waals surface area contributed by atoms with Gasteiger partial charge in [0.15, 0.2) is 0 Å². The van der Waals surface area contributed by atoms with Crippen molar-refractivity contribution in [3.05, 3.63) is 36.2 Å². The minimum absolute atomic E-state index is 0.468. The molecule has 0 N–H and O–H groups in total. The second-order valence-corrected chi connectivity index (χ2v) is 3.02. The third-order valence-electron chi connectivity index (χ3n) is 2.04. The lowest BCUT2D eigenvalue weighted by atomic mass is 10.2. The summed E-state index contributed by atoms with van der Waals surface area (Å²) >= 11 is 0. The van der Waals surface area contributed by atoms with Crippen molar-refractivity contribution in [2.75, 3.05) is 6.86 Å². The van der Waals surface area contributed by atoms with Gasteiger partial charge >= 0.3 is 0 Å². The number of aryl methyl sites for hydroxylation is 1. The zero-order chi connectivity index (χ0) is 10.7. The fourth-order valence-electron chi connectivity index (χ4n) is 1.30. The molecule has 2 rings (SSSR count). The summed E-state index contributed by atoms with van der Waals surface area (Å²) in [7, 11) is 0. The van der Waals surface area contributed by atoms with Crippen molar-refractivity contribution in [3.8, 4) is 11.4 Å². The van der Waals surface area contributed by atoms with E-state index in [1.807, 2.05) is 13.0 Å². The highest BCUT2D eigenvalue weighted by atomic mass is 19.1. The quantitative estimate of drug-likeness (QED) is 0.771. The molecule has 0 fully saturated rings. The van der Waals surface area contributed by atoms with Gasteiger partial charge in [0.2, 0.25) is 6.86 Å². The van der Waals surface area contributed by atoms with E-state index in [9.17, 15) is 4.39 Å². The molecule has 5 heteroatoms. The van der Waals surface area contributed by atoms with Gasteiger partial charge in [-0.15, -0.1) is 0 Å². The van der Waals surface area contributed by atoms with Crippen molar-refractivity contribution in [3.63, 3.8) is 0 Å². The summed E-state index contributed by atoms with van der Waals surface area (Å²) in [6, 6.07) is 5.25. The van der Waals surface area contributed by atoms with E-state index in [1.165, 1.54) is 4.80 Å². The molecule has 0 aliphatic carbocycles. The Morgan fingerprint density at radius 2 is 2.07 bits per heavy atom. The van der Waals surface area contributed by atoms with Crippen molar-refractivity contribution in [2.45, 2.75) is 6.92 Å². The van der Waals surface area contributed by atoms with E-state index in [0.717, 1.165) is 11.3 Å². The average Bonchev–Trinajstić information content (AvgIpc) is 2.74. The lowest BCUT2D eigenvalue weighted by Gasteiger charge is -2.07.